The Kier molecular flexibility index (Phi) is 4.43. The largest absolute Gasteiger partial charge is 0.534 e. The smallest absolute Gasteiger partial charge is 0.486 e. The lowest BCUT2D eigenvalue weighted by Crippen LogP contribution is -2.38. The van der Waals surface area contributed by atoms with E-state index in [9.17, 15) is 21.6 Å². The van der Waals surface area contributed by atoms with Gasteiger partial charge in [0.1, 0.15) is 18.5 Å². The SMILES string of the molecule is CN(C)CC1COc2ccc(OS(=O)(=O)C(F)(F)F)cc2O1. The van der Waals surface area contributed by atoms with Gasteiger partial charge in [0.2, 0.25) is 0 Å². The van der Waals surface area contributed by atoms with E-state index < -0.39 is 21.4 Å². The number of likely N-dealkylation sites (N-methyl/N-ethyl adjacent to an activating group) is 1. The van der Waals surface area contributed by atoms with Gasteiger partial charge in [-0.15, -0.1) is 0 Å². The zero-order valence-corrected chi connectivity index (χ0v) is 12.6. The number of halogens is 3. The van der Waals surface area contributed by atoms with Crippen LogP contribution in [0.25, 0.3) is 0 Å². The summed E-state index contributed by atoms with van der Waals surface area (Å²) in [5.41, 5.74) is -5.49. The highest BCUT2D eigenvalue weighted by Gasteiger charge is 2.48. The fourth-order valence-electron chi connectivity index (χ4n) is 1.82. The summed E-state index contributed by atoms with van der Waals surface area (Å²) in [7, 11) is -2.06. The molecule has 1 unspecified atom stereocenters. The average molecular weight is 341 g/mol. The van der Waals surface area contributed by atoms with Crippen LogP contribution >= 0.6 is 0 Å². The number of nitrogens with zero attached hydrogens (tertiary/aromatic N) is 1. The van der Waals surface area contributed by atoms with Crippen LogP contribution in [0, 0.1) is 0 Å². The maximum Gasteiger partial charge on any atom is 0.534 e. The number of alkyl halides is 3. The zero-order valence-electron chi connectivity index (χ0n) is 11.8. The lowest BCUT2D eigenvalue weighted by atomic mass is 10.2. The molecule has 0 amide bonds. The second-order valence-electron chi connectivity index (χ2n) is 4.90. The Hall–Kier alpha value is -1.68. The van der Waals surface area contributed by atoms with Crippen molar-refractivity contribution in [3.8, 4) is 17.2 Å². The van der Waals surface area contributed by atoms with E-state index in [0.717, 1.165) is 12.1 Å². The fraction of sp³-hybridized carbons (Fsp3) is 0.500. The molecule has 0 saturated heterocycles. The van der Waals surface area contributed by atoms with Crippen molar-refractivity contribution in [2.75, 3.05) is 27.2 Å². The summed E-state index contributed by atoms with van der Waals surface area (Å²) in [5.74, 6) is -0.0510. The number of fused-ring (bicyclic) bond motifs is 1. The van der Waals surface area contributed by atoms with Gasteiger partial charge in [0.05, 0.1) is 0 Å². The molecule has 0 bridgehead atoms. The minimum absolute atomic E-state index is 0.132. The summed E-state index contributed by atoms with van der Waals surface area (Å²) in [4.78, 5) is 1.85. The first-order valence-corrected chi connectivity index (χ1v) is 7.58. The van der Waals surface area contributed by atoms with Crippen molar-refractivity contribution in [3.63, 3.8) is 0 Å². The summed E-state index contributed by atoms with van der Waals surface area (Å²) in [6.07, 6.45) is -0.322. The van der Waals surface area contributed by atoms with Crippen LogP contribution in [0.5, 0.6) is 17.2 Å². The van der Waals surface area contributed by atoms with Crippen molar-refractivity contribution in [3.05, 3.63) is 18.2 Å². The molecule has 2 rings (SSSR count). The highest BCUT2D eigenvalue weighted by atomic mass is 32.2. The van der Waals surface area contributed by atoms with Crippen molar-refractivity contribution >= 4 is 10.1 Å². The minimum atomic E-state index is -5.71. The summed E-state index contributed by atoms with van der Waals surface area (Å²) < 4.78 is 73.8. The molecule has 0 fully saturated rings. The van der Waals surface area contributed by atoms with Crippen molar-refractivity contribution in [1.82, 2.24) is 4.90 Å². The normalized spacial score (nSPS) is 18.4. The molecule has 1 aromatic carbocycles. The molecule has 1 aromatic rings. The molecule has 0 N–H and O–H groups in total. The molecule has 0 spiro atoms. The molecule has 22 heavy (non-hydrogen) atoms. The first kappa shape index (κ1) is 16.7. The Balaban J connectivity index is 2.18. The van der Waals surface area contributed by atoms with Gasteiger partial charge in [-0.2, -0.15) is 21.6 Å². The first-order valence-electron chi connectivity index (χ1n) is 6.17. The lowest BCUT2D eigenvalue weighted by molar-refractivity contribution is -0.0500. The van der Waals surface area contributed by atoms with Gasteiger partial charge < -0.3 is 18.6 Å². The summed E-state index contributed by atoms with van der Waals surface area (Å²) in [6, 6.07) is 3.42. The van der Waals surface area contributed by atoms with E-state index in [1.54, 1.807) is 0 Å². The third-order valence-electron chi connectivity index (χ3n) is 2.69. The molecule has 0 saturated carbocycles. The molecule has 1 aliphatic heterocycles. The van der Waals surface area contributed by atoms with Gasteiger partial charge in [0.25, 0.3) is 0 Å². The van der Waals surface area contributed by atoms with Gasteiger partial charge in [-0.05, 0) is 26.2 Å². The van der Waals surface area contributed by atoms with E-state index in [-0.39, 0.29) is 18.5 Å². The Morgan fingerprint density at radius 3 is 2.59 bits per heavy atom. The van der Waals surface area contributed by atoms with Crippen LogP contribution < -0.4 is 13.7 Å². The average Bonchev–Trinajstić information content (AvgIpc) is 2.35. The van der Waals surface area contributed by atoms with Crippen molar-refractivity contribution in [2.45, 2.75) is 11.6 Å². The van der Waals surface area contributed by atoms with Gasteiger partial charge >= 0.3 is 15.6 Å². The Bertz CT molecular complexity index is 645. The van der Waals surface area contributed by atoms with E-state index in [1.807, 2.05) is 19.0 Å². The number of rotatable bonds is 4. The van der Waals surface area contributed by atoms with Crippen molar-refractivity contribution in [2.24, 2.45) is 0 Å². The van der Waals surface area contributed by atoms with E-state index in [4.69, 9.17) is 9.47 Å². The van der Waals surface area contributed by atoms with Crippen molar-refractivity contribution in [1.29, 1.82) is 0 Å². The topological polar surface area (TPSA) is 65.1 Å². The van der Waals surface area contributed by atoms with Gasteiger partial charge in [-0.3, -0.25) is 0 Å². The van der Waals surface area contributed by atoms with E-state index in [0.29, 0.717) is 12.3 Å². The highest BCUT2D eigenvalue weighted by molar-refractivity contribution is 7.88. The Morgan fingerprint density at radius 1 is 1.32 bits per heavy atom. The third-order valence-corrected chi connectivity index (χ3v) is 3.67. The molecule has 1 aliphatic rings. The summed E-state index contributed by atoms with van der Waals surface area (Å²) in [5, 5.41) is 0. The van der Waals surface area contributed by atoms with E-state index in [2.05, 4.69) is 4.18 Å². The molecule has 0 aromatic heterocycles. The van der Waals surface area contributed by atoms with Crippen LogP contribution in [-0.2, 0) is 10.1 Å². The second kappa shape index (κ2) is 5.84. The minimum Gasteiger partial charge on any atom is -0.486 e. The Labute approximate surface area is 125 Å². The highest BCUT2D eigenvalue weighted by Crippen LogP contribution is 2.36. The first-order chi connectivity index (χ1) is 10.1. The molecule has 10 heteroatoms. The van der Waals surface area contributed by atoms with Crippen LogP contribution in [0.1, 0.15) is 0 Å². The predicted octanol–water partition coefficient (Wildman–Crippen LogP) is 1.62. The van der Waals surface area contributed by atoms with Crippen LogP contribution in [-0.4, -0.2) is 52.2 Å². The number of hydrogen-bond donors (Lipinski definition) is 0. The molecule has 6 nitrogen and oxygen atoms in total. The number of hydrogen-bond acceptors (Lipinski definition) is 6. The van der Waals surface area contributed by atoms with Gasteiger partial charge in [-0.25, -0.2) is 0 Å². The van der Waals surface area contributed by atoms with Crippen LogP contribution in [0.15, 0.2) is 18.2 Å². The molecular weight excluding hydrogens is 327 g/mol. The van der Waals surface area contributed by atoms with Gasteiger partial charge in [0, 0.05) is 12.6 Å². The molecular formula is C12H14F3NO5S. The van der Waals surface area contributed by atoms with Crippen LogP contribution in [0.2, 0.25) is 0 Å². The third kappa shape index (κ3) is 3.74. The van der Waals surface area contributed by atoms with Crippen molar-refractivity contribution < 1.29 is 35.2 Å². The van der Waals surface area contributed by atoms with Crippen LogP contribution in [0.3, 0.4) is 0 Å². The number of ether oxygens (including phenoxy) is 2. The molecule has 1 heterocycles. The van der Waals surface area contributed by atoms with Crippen LogP contribution in [0.4, 0.5) is 13.2 Å². The standard InChI is InChI=1S/C12H14F3NO5S/c1-16(2)6-9-7-19-10-4-3-8(5-11(10)20-9)21-22(17,18)12(13,14)15/h3-5,9H,6-7H2,1-2H3. The second-order valence-corrected chi connectivity index (χ2v) is 6.44. The van der Waals surface area contributed by atoms with E-state index >= 15 is 0 Å². The zero-order chi connectivity index (χ0) is 16.5. The monoisotopic (exact) mass is 341 g/mol. The maximum atomic E-state index is 12.3. The Morgan fingerprint density at radius 2 is 2.00 bits per heavy atom. The predicted molar refractivity (Wildman–Crippen MR) is 70.5 cm³/mol. The van der Waals surface area contributed by atoms with E-state index in [1.165, 1.54) is 6.07 Å². The molecule has 124 valence electrons. The quantitative estimate of drug-likeness (QED) is 0.612. The molecule has 0 radical (unpaired) electrons. The fourth-order valence-corrected chi connectivity index (χ4v) is 2.27. The summed E-state index contributed by atoms with van der Waals surface area (Å²) >= 11 is 0. The maximum absolute atomic E-state index is 12.3. The molecule has 1 atom stereocenters. The van der Waals surface area contributed by atoms with Gasteiger partial charge in [0.15, 0.2) is 11.5 Å². The molecule has 0 aliphatic carbocycles. The van der Waals surface area contributed by atoms with Gasteiger partial charge in [-0.1, -0.05) is 0 Å². The lowest BCUT2D eigenvalue weighted by Gasteiger charge is -2.28. The summed E-state index contributed by atoms with van der Waals surface area (Å²) in [6.45, 7) is 0.817. The number of benzene rings is 1.